The Morgan fingerprint density at radius 3 is 2.47 bits per heavy atom. The number of aliphatic hydroxyl groups is 1. The largest absolute Gasteiger partial charge is 0.395 e. The number of aliphatic hydroxyl groups excluding tert-OH is 1. The summed E-state index contributed by atoms with van der Waals surface area (Å²) in [6.07, 6.45) is 1.02. The van der Waals surface area contributed by atoms with Crippen LogP contribution >= 0.6 is 27.5 Å². The lowest BCUT2D eigenvalue weighted by molar-refractivity contribution is 0.231. The molecule has 0 saturated heterocycles. The minimum Gasteiger partial charge on any atom is -0.395 e. The normalized spacial score (nSPS) is 27.8. The molecule has 1 fully saturated rings. The maximum Gasteiger partial charge on any atom is 0.0551 e. The average molecular weight is 290 g/mol. The SMILES string of the molecule is CC1(C)CC1(CO)c1ccc(Br)c(Cl)c1. The average Bonchev–Trinajstić information content (AvgIpc) is 2.75. The van der Waals surface area contributed by atoms with Crippen molar-refractivity contribution in [3.8, 4) is 0 Å². The van der Waals surface area contributed by atoms with E-state index in [1.54, 1.807) is 0 Å². The molecule has 2 rings (SSSR count). The van der Waals surface area contributed by atoms with Crippen molar-refractivity contribution in [2.24, 2.45) is 5.41 Å². The van der Waals surface area contributed by atoms with Crippen LogP contribution < -0.4 is 0 Å². The van der Waals surface area contributed by atoms with Crippen molar-refractivity contribution in [1.29, 1.82) is 0 Å². The van der Waals surface area contributed by atoms with E-state index in [0.717, 1.165) is 16.5 Å². The van der Waals surface area contributed by atoms with Gasteiger partial charge in [-0.2, -0.15) is 0 Å². The lowest BCUT2D eigenvalue weighted by Crippen LogP contribution is -2.19. The highest BCUT2D eigenvalue weighted by molar-refractivity contribution is 9.10. The van der Waals surface area contributed by atoms with Crippen LogP contribution in [0.1, 0.15) is 25.8 Å². The van der Waals surface area contributed by atoms with Gasteiger partial charge in [-0.25, -0.2) is 0 Å². The van der Waals surface area contributed by atoms with Gasteiger partial charge in [0.1, 0.15) is 0 Å². The van der Waals surface area contributed by atoms with Crippen LogP contribution in [-0.4, -0.2) is 11.7 Å². The third-order valence-electron chi connectivity index (χ3n) is 3.66. The Labute approximate surface area is 104 Å². The van der Waals surface area contributed by atoms with Crippen molar-refractivity contribution >= 4 is 27.5 Å². The molecule has 0 spiro atoms. The molecule has 1 saturated carbocycles. The summed E-state index contributed by atoms with van der Waals surface area (Å²) in [6.45, 7) is 4.55. The number of halogens is 2. The predicted molar refractivity (Wildman–Crippen MR) is 66.3 cm³/mol. The summed E-state index contributed by atoms with van der Waals surface area (Å²) < 4.78 is 0.902. The molecule has 1 aliphatic carbocycles. The summed E-state index contributed by atoms with van der Waals surface area (Å²) in [7, 11) is 0. The Kier molecular flexibility index (Phi) is 2.65. The molecular weight excluding hydrogens is 275 g/mol. The lowest BCUT2D eigenvalue weighted by Gasteiger charge is -2.18. The van der Waals surface area contributed by atoms with E-state index in [1.807, 2.05) is 18.2 Å². The summed E-state index contributed by atoms with van der Waals surface area (Å²) in [5, 5.41) is 10.3. The van der Waals surface area contributed by atoms with Crippen molar-refractivity contribution in [3.63, 3.8) is 0 Å². The summed E-state index contributed by atoms with van der Waals surface area (Å²) in [4.78, 5) is 0. The quantitative estimate of drug-likeness (QED) is 0.879. The van der Waals surface area contributed by atoms with Crippen LogP contribution in [0.5, 0.6) is 0 Å². The minimum absolute atomic E-state index is 0.0860. The van der Waals surface area contributed by atoms with Crippen LogP contribution in [0, 0.1) is 5.41 Å². The Morgan fingerprint density at radius 2 is 2.07 bits per heavy atom. The summed E-state index contributed by atoms with van der Waals surface area (Å²) in [5.74, 6) is 0. The second-order valence-electron chi connectivity index (χ2n) is 4.93. The Balaban J connectivity index is 2.42. The first-order chi connectivity index (χ1) is 6.93. The van der Waals surface area contributed by atoms with Gasteiger partial charge in [0.05, 0.1) is 11.6 Å². The topological polar surface area (TPSA) is 20.2 Å². The highest BCUT2D eigenvalue weighted by Crippen LogP contribution is 2.64. The lowest BCUT2D eigenvalue weighted by atomic mass is 9.89. The van der Waals surface area contributed by atoms with Crippen LogP contribution in [0.2, 0.25) is 5.02 Å². The number of rotatable bonds is 2. The standard InChI is InChI=1S/C12H14BrClO/c1-11(2)6-12(11,7-15)8-3-4-9(13)10(14)5-8/h3-5,15H,6-7H2,1-2H3. The van der Waals surface area contributed by atoms with Crippen LogP contribution in [0.3, 0.4) is 0 Å². The molecule has 1 aromatic carbocycles. The van der Waals surface area contributed by atoms with Gasteiger partial charge < -0.3 is 5.11 Å². The molecule has 1 nitrogen and oxygen atoms in total. The second-order valence-corrected chi connectivity index (χ2v) is 6.19. The minimum atomic E-state index is -0.0860. The Bertz CT molecular complexity index is 403. The molecule has 0 aliphatic heterocycles. The molecule has 0 heterocycles. The smallest absolute Gasteiger partial charge is 0.0551 e. The fraction of sp³-hybridized carbons (Fsp3) is 0.500. The van der Waals surface area contributed by atoms with Gasteiger partial charge in [-0.15, -0.1) is 0 Å². The molecule has 0 radical (unpaired) electrons. The summed E-state index contributed by atoms with van der Waals surface area (Å²) >= 11 is 9.44. The van der Waals surface area contributed by atoms with Crippen LogP contribution in [0.25, 0.3) is 0 Å². The number of hydrogen-bond acceptors (Lipinski definition) is 1. The fourth-order valence-electron chi connectivity index (χ4n) is 2.36. The first-order valence-electron chi connectivity index (χ1n) is 4.99. The predicted octanol–water partition coefficient (Wildman–Crippen LogP) is 3.76. The monoisotopic (exact) mass is 288 g/mol. The van der Waals surface area contributed by atoms with E-state index in [1.165, 1.54) is 0 Å². The van der Waals surface area contributed by atoms with Crippen LogP contribution in [0.15, 0.2) is 22.7 Å². The maximum absolute atomic E-state index is 9.55. The molecule has 82 valence electrons. The zero-order valence-corrected chi connectivity index (χ0v) is 11.2. The van der Waals surface area contributed by atoms with Crippen LogP contribution in [-0.2, 0) is 5.41 Å². The van der Waals surface area contributed by atoms with Gasteiger partial charge in [-0.05, 0) is 45.5 Å². The molecule has 15 heavy (non-hydrogen) atoms. The zero-order valence-electron chi connectivity index (χ0n) is 8.85. The van der Waals surface area contributed by atoms with Gasteiger partial charge in [-0.1, -0.05) is 31.5 Å². The maximum atomic E-state index is 9.55. The molecule has 1 aliphatic rings. The molecule has 0 bridgehead atoms. The summed E-state index contributed by atoms with van der Waals surface area (Å²) in [5.41, 5.74) is 1.24. The van der Waals surface area contributed by atoms with Crippen LogP contribution in [0.4, 0.5) is 0 Å². The van der Waals surface area contributed by atoms with Gasteiger partial charge in [0.15, 0.2) is 0 Å². The highest BCUT2D eigenvalue weighted by atomic mass is 79.9. The van der Waals surface area contributed by atoms with E-state index in [-0.39, 0.29) is 17.4 Å². The third-order valence-corrected chi connectivity index (χ3v) is 4.89. The van der Waals surface area contributed by atoms with Crippen molar-refractivity contribution in [3.05, 3.63) is 33.3 Å². The number of hydrogen-bond donors (Lipinski definition) is 1. The zero-order chi connectivity index (χ0) is 11.3. The van der Waals surface area contributed by atoms with Crippen molar-refractivity contribution in [2.75, 3.05) is 6.61 Å². The molecule has 1 aromatic rings. The second kappa shape index (κ2) is 3.47. The van der Waals surface area contributed by atoms with Gasteiger partial charge in [0.25, 0.3) is 0 Å². The molecule has 1 unspecified atom stereocenters. The molecule has 0 amide bonds. The van der Waals surface area contributed by atoms with E-state index < -0.39 is 0 Å². The third kappa shape index (κ3) is 1.63. The first-order valence-corrected chi connectivity index (χ1v) is 6.16. The van der Waals surface area contributed by atoms with Gasteiger partial charge in [-0.3, -0.25) is 0 Å². The van der Waals surface area contributed by atoms with Crippen molar-refractivity contribution in [2.45, 2.75) is 25.7 Å². The van der Waals surface area contributed by atoms with E-state index >= 15 is 0 Å². The highest BCUT2D eigenvalue weighted by Gasteiger charge is 2.61. The Hall–Kier alpha value is -0.0500. The first kappa shape index (κ1) is 11.4. The molecule has 1 atom stereocenters. The van der Waals surface area contributed by atoms with Gasteiger partial charge in [0, 0.05) is 9.89 Å². The van der Waals surface area contributed by atoms with Crippen molar-refractivity contribution in [1.82, 2.24) is 0 Å². The van der Waals surface area contributed by atoms with E-state index in [0.29, 0.717) is 5.02 Å². The molecular formula is C12H14BrClO. The van der Waals surface area contributed by atoms with E-state index in [9.17, 15) is 5.11 Å². The summed E-state index contributed by atoms with van der Waals surface area (Å²) in [6, 6.07) is 5.95. The number of benzene rings is 1. The molecule has 1 N–H and O–H groups in total. The van der Waals surface area contributed by atoms with E-state index in [4.69, 9.17) is 11.6 Å². The Morgan fingerprint density at radius 1 is 1.47 bits per heavy atom. The van der Waals surface area contributed by atoms with Gasteiger partial charge in [0.2, 0.25) is 0 Å². The van der Waals surface area contributed by atoms with Crippen molar-refractivity contribution < 1.29 is 5.11 Å². The molecule has 0 aromatic heterocycles. The van der Waals surface area contributed by atoms with Gasteiger partial charge >= 0.3 is 0 Å². The van der Waals surface area contributed by atoms with E-state index in [2.05, 4.69) is 29.8 Å². The fourth-order valence-corrected chi connectivity index (χ4v) is 2.79. The molecule has 3 heteroatoms.